The Hall–Kier alpha value is -2.11. The Morgan fingerprint density at radius 2 is 2.15 bits per heavy atom. The summed E-state index contributed by atoms with van der Waals surface area (Å²) in [5, 5.41) is 11.8. The van der Waals surface area contributed by atoms with Crippen molar-refractivity contribution in [1.82, 2.24) is 10.3 Å². The summed E-state index contributed by atoms with van der Waals surface area (Å²) in [6.07, 6.45) is 0.727. The average molecular weight is 277 g/mol. The van der Waals surface area contributed by atoms with Gasteiger partial charge in [-0.25, -0.2) is 9.78 Å². The first-order valence-corrected chi connectivity index (χ1v) is 6.55. The molecule has 20 heavy (non-hydrogen) atoms. The van der Waals surface area contributed by atoms with Gasteiger partial charge in [-0.05, 0) is 32.4 Å². The maximum absolute atomic E-state index is 11.9. The van der Waals surface area contributed by atoms with Gasteiger partial charge in [-0.15, -0.1) is 0 Å². The maximum atomic E-state index is 11.9. The first kappa shape index (κ1) is 14.3. The number of aryl methyl sites for hydroxylation is 1. The second-order valence-corrected chi connectivity index (χ2v) is 5.47. The first-order chi connectivity index (χ1) is 9.35. The number of carboxylic acid groups (broad SMARTS) is 1. The van der Waals surface area contributed by atoms with E-state index in [0.717, 1.165) is 6.42 Å². The topological polar surface area (TPSA) is 82.5 Å². The summed E-state index contributed by atoms with van der Waals surface area (Å²) in [6, 6.07) is 3.10. The van der Waals surface area contributed by atoms with Gasteiger partial charge in [0.1, 0.15) is 5.82 Å². The smallest absolute Gasteiger partial charge is 0.335 e. The number of rotatable bonds is 3. The number of amides is 1. The predicted octanol–water partition coefficient (Wildman–Crippen LogP) is 1.05. The van der Waals surface area contributed by atoms with Crippen LogP contribution in [0.5, 0.6) is 0 Å². The standard InChI is InChI=1S/C14H19N3O3/c1-9-6-10(12(18)19)7-11(16-9)17-5-4-14(2,8-17)13(20)15-3/h6-7H,4-5,8H2,1-3H3,(H,15,20)(H,18,19). The minimum atomic E-state index is -0.968. The Labute approximate surface area is 117 Å². The summed E-state index contributed by atoms with van der Waals surface area (Å²) in [5.74, 6) is -0.342. The molecule has 2 heterocycles. The molecular formula is C14H19N3O3. The van der Waals surface area contributed by atoms with Crippen LogP contribution in [0.15, 0.2) is 12.1 Å². The highest BCUT2D eigenvalue weighted by Gasteiger charge is 2.40. The number of carboxylic acids is 1. The number of carbonyl (C=O) groups is 2. The average Bonchev–Trinajstić information content (AvgIpc) is 2.81. The minimum Gasteiger partial charge on any atom is -0.478 e. The van der Waals surface area contributed by atoms with Crippen LogP contribution in [0, 0.1) is 12.3 Å². The van der Waals surface area contributed by atoms with E-state index in [1.165, 1.54) is 0 Å². The summed E-state index contributed by atoms with van der Waals surface area (Å²) >= 11 is 0. The monoisotopic (exact) mass is 277 g/mol. The van der Waals surface area contributed by atoms with Gasteiger partial charge in [0, 0.05) is 25.8 Å². The van der Waals surface area contributed by atoms with Crippen LogP contribution in [0.3, 0.4) is 0 Å². The van der Waals surface area contributed by atoms with Crippen molar-refractivity contribution in [3.8, 4) is 0 Å². The second-order valence-electron chi connectivity index (χ2n) is 5.47. The van der Waals surface area contributed by atoms with E-state index in [1.54, 1.807) is 26.1 Å². The zero-order chi connectivity index (χ0) is 14.9. The van der Waals surface area contributed by atoms with Crippen molar-refractivity contribution in [2.24, 2.45) is 5.41 Å². The summed E-state index contributed by atoms with van der Waals surface area (Å²) in [5.41, 5.74) is 0.429. The van der Waals surface area contributed by atoms with E-state index < -0.39 is 11.4 Å². The molecule has 0 bridgehead atoms. The lowest BCUT2D eigenvalue weighted by Gasteiger charge is -2.23. The molecule has 1 aromatic rings. The molecule has 1 unspecified atom stereocenters. The summed E-state index contributed by atoms with van der Waals surface area (Å²) in [4.78, 5) is 29.3. The molecule has 1 aliphatic rings. The molecule has 1 atom stereocenters. The molecule has 1 aliphatic heterocycles. The van der Waals surface area contributed by atoms with Crippen LogP contribution in [-0.4, -0.2) is 42.1 Å². The van der Waals surface area contributed by atoms with Crippen molar-refractivity contribution in [3.63, 3.8) is 0 Å². The number of nitrogens with zero attached hydrogens (tertiary/aromatic N) is 2. The van der Waals surface area contributed by atoms with Crippen LogP contribution in [0.4, 0.5) is 5.82 Å². The van der Waals surface area contributed by atoms with Gasteiger partial charge < -0.3 is 15.3 Å². The van der Waals surface area contributed by atoms with E-state index in [4.69, 9.17) is 5.11 Å². The minimum absolute atomic E-state index is 0.00566. The van der Waals surface area contributed by atoms with Crippen LogP contribution in [-0.2, 0) is 4.79 Å². The first-order valence-electron chi connectivity index (χ1n) is 6.55. The molecule has 1 saturated heterocycles. The Balaban J connectivity index is 2.26. The van der Waals surface area contributed by atoms with Crippen molar-refractivity contribution in [2.75, 3.05) is 25.0 Å². The molecule has 108 valence electrons. The third kappa shape index (κ3) is 2.59. The predicted molar refractivity (Wildman–Crippen MR) is 74.9 cm³/mol. The van der Waals surface area contributed by atoms with Crippen molar-refractivity contribution < 1.29 is 14.7 Å². The van der Waals surface area contributed by atoms with Gasteiger partial charge >= 0.3 is 5.97 Å². The number of aromatic nitrogens is 1. The number of pyridine rings is 1. The van der Waals surface area contributed by atoms with Gasteiger partial charge in [-0.2, -0.15) is 0 Å². The summed E-state index contributed by atoms with van der Waals surface area (Å²) < 4.78 is 0. The van der Waals surface area contributed by atoms with Crippen LogP contribution in [0.25, 0.3) is 0 Å². The lowest BCUT2D eigenvalue weighted by atomic mass is 9.89. The molecule has 0 aromatic carbocycles. The van der Waals surface area contributed by atoms with E-state index in [-0.39, 0.29) is 11.5 Å². The number of hydrogen-bond acceptors (Lipinski definition) is 4. The Morgan fingerprint density at radius 3 is 2.75 bits per heavy atom. The van der Waals surface area contributed by atoms with E-state index in [2.05, 4.69) is 10.3 Å². The molecular weight excluding hydrogens is 258 g/mol. The van der Waals surface area contributed by atoms with Gasteiger partial charge in [-0.3, -0.25) is 4.79 Å². The third-order valence-corrected chi connectivity index (χ3v) is 3.76. The quantitative estimate of drug-likeness (QED) is 0.863. The lowest BCUT2D eigenvalue weighted by molar-refractivity contribution is -0.128. The third-order valence-electron chi connectivity index (χ3n) is 3.76. The fourth-order valence-electron chi connectivity index (χ4n) is 2.58. The normalized spacial score (nSPS) is 21.9. The zero-order valence-corrected chi connectivity index (χ0v) is 11.9. The van der Waals surface area contributed by atoms with Crippen LogP contribution in [0.2, 0.25) is 0 Å². The Morgan fingerprint density at radius 1 is 1.45 bits per heavy atom. The molecule has 2 rings (SSSR count). The number of aromatic carboxylic acids is 1. The van der Waals surface area contributed by atoms with Crippen molar-refractivity contribution in [1.29, 1.82) is 0 Å². The number of carbonyl (C=O) groups excluding carboxylic acids is 1. The van der Waals surface area contributed by atoms with Gasteiger partial charge in [0.05, 0.1) is 11.0 Å². The molecule has 1 fully saturated rings. The van der Waals surface area contributed by atoms with Crippen molar-refractivity contribution in [3.05, 3.63) is 23.4 Å². The van der Waals surface area contributed by atoms with E-state index in [0.29, 0.717) is 24.6 Å². The maximum Gasteiger partial charge on any atom is 0.335 e. The van der Waals surface area contributed by atoms with Crippen LogP contribution in [0.1, 0.15) is 29.4 Å². The fourth-order valence-corrected chi connectivity index (χ4v) is 2.58. The number of anilines is 1. The molecule has 0 aliphatic carbocycles. The number of hydrogen-bond donors (Lipinski definition) is 2. The molecule has 0 radical (unpaired) electrons. The number of nitrogens with one attached hydrogen (secondary N) is 1. The highest BCUT2D eigenvalue weighted by Crippen LogP contribution is 2.33. The Kier molecular flexibility index (Phi) is 3.65. The summed E-state index contributed by atoms with van der Waals surface area (Å²) in [6.45, 7) is 4.92. The van der Waals surface area contributed by atoms with Gasteiger partial charge in [0.15, 0.2) is 0 Å². The van der Waals surface area contributed by atoms with Gasteiger partial charge in [0.25, 0.3) is 0 Å². The van der Waals surface area contributed by atoms with Crippen LogP contribution >= 0.6 is 0 Å². The van der Waals surface area contributed by atoms with Gasteiger partial charge in [-0.1, -0.05) is 0 Å². The second kappa shape index (κ2) is 5.11. The fraction of sp³-hybridized carbons (Fsp3) is 0.500. The van der Waals surface area contributed by atoms with Crippen molar-refractivity contribution >= 4 is 17.7 Å². The van der Waals surface area contributed by atoms with Crippen LogP contribution < -0.4 is 10.2 Å². The SMILES string of the molecule is CNC(=O)C1(C)CCN(c2cc(C(=O)O)cc(C)n2)C1. The zero-order valence-electron chi connectivity index (χ0n) is 11.9. The van der Waals surface area contributed by atoms with E-state index in [1.807, 2.05) is 11.8 Å². The summed E-state index contributed by atoms with van der Waals surface area (Å²) in [7, 11) is 1.63. The highest BCUT2D eigenvalue weighted by atomic mass is 16.4. The van der Waals surface area contributed by atoms with E-state index in [9.17, 15) is 9.59 Å². The van der Waals surface area contributed by atoms with E-state index >= 15 is 0 Å². The van der Waals surface area contributed by atoms with Crippen molar-refractivity contribution in [2.45, 2.75) is 20.3 Å². The van der Waals surface area contributed by atoms with Gasteiger partial charge in [0.2, 0.25) is 5.91 Å². The highest BCUT2D eigenvalue weighted by molar-refractivity contribution is 5.89. The molecule has 6 nitrogen and oxygen atoms in total. The molecule has 0 saturated carbocycles. The molecule has 0 spiro atoms. The molecule has 1 amide bonds. The Bertz CT molecular complexity index is 559. The molecule has 6 heteroatoms. The lowest BCUT2D eigenvalue weighted by Crippen LogP contribution is -2.39. The molecule has 2 N–H and O–H groups in total. The molecule has 1 aromatic heterocycles. The largest absolute Gasteiger partial charge is 0.478 e.